The van der Waals surface area contributed by atoms with Crippen molar-refractivity contribution in [3.05, 3.63) is 85.8 Å². The zero-order chi connectivity index (χ0) is 27.1. The molecule has 3 aliphatic heterocycles. The first-order chi connectivity index (χ1) is 18.9. The molecule has 2 aromatic heterocycles. The number of aromatic nitrogens is 1. The summed E-state index contributed by atoms with van der Waals surface area (Å²) < 4.78 is 24.3. The molecule has 0 saturated carbocycles. The van der Waals surface area contributed by atoms with Crippen molar-refractivity contribution < 1.29 is 28.5 Å². The first kappa shape index (κ1) is 25.2. The van der Waals surface area contributed by atoms with Gasteiger partial charge in [-0.05, 0) is 36.1 Å². The lowest BCUT2D eigenvalue weighted by molar-refractivity contribution is -0.140. The van der Waals surface area contributed by atoms with E-state index in [0.29, 0.717) is 61.6 Å². The number of pyridine rings is 1. The summed E-state index contributed by atoms with van der Waals surface area (Å²) in [7, 11) is 1.29. The average Bonchev–Trinajstić information content (AvgIpc) is 2.94. The summed E-state index contributed by atoms with van der Waals surface area (Å²) in [6, 6.07) is 12.0. The van der Waals surface area contributed by atoms with Crippen LogP contribution in [0.3, 0.4) is 0 Å². The summed E-state index contributed by atoms with van der Waals surface area (Å²) in [5, 5.41) is 10.8. The fourth-order valence-corrected chi connectivity index (χ4v) is 6.10. The van der Waals surface area contributed by atoms with Gasteiger partial charge < -0.3 is 28.3 Å². The molecule has 0 aliphatic carbocycles. The molecular formula is C29H30N2O8. The molecule has 3 atom stereocenters. The van der Waals surface area contributed by atoms with Crippen molar-refractivity contribution in [2.75, 3.05) is 33.4 Å². The molecular weight excluding hydrogens is 504 g/mol. The molecule has 0 radical (unpaired) electrons. The number of aromatic hydroxyl groups is 1. The Bertz CT molecular complexity index is 1530. The van der Waals surface area contributed by atoms with Gasteiger partial charge >= 0.3 is 5.97 Å². The third-order valence-electron chi connectivity index (χ3n) is 7.82. The van der Waals surface area contributed by atoms with Gasteiger partial charge in [-0.15, -0.1) is 0 Å². The van der Waals surface area contributed by atoms with Crippen LogP contribution in [0.15, 0.2) is 56.5 Å². The van der Waals surface area contributed by atoms with Gasteiger partial charge in [0.15, 0.2) is 17.3 Å². The Labute approximate surface area is 224 Å². The van der Waals surface area contributed by atoms with Gasteiger partial charge in [-0.25, -0.2) is 0 Å². The van der Waals surface area contributed by atoms with E-state index in [4.69, 9.17) is 18.6 Å². The molecule has 5 heterocycles. The van der Waals surface area contributed by atoms with E-state index >= 15 is 0 Å². The quantitative estimate of drug-likeness (QED) is 0.476. The fourth-order valence-electron chi connectivity index (χ4n) is 6.10. The van der Waals surface area contributed by atoms with Crippen LogP contribution in [0.25, 0.3) is 0 Å². The normalized spacial score (nSPS) is 20.6. The van der Waals surface area contributed by atoms with Gasteiger partial charge in [0.05, 0.1) is 26.0 Å². The lowest BCUT2D eigenvalue weighted by atomic mass is 9.83. The number of nitrogens with zero attached hydrogens (tertiary/aromatic N) is 2. The number of likely N-dealkylation sites (tertiary alicyclic amines) is 1. The van der Waals surface area contributed by atoms with Gasteiger partial charge in [0.25, 0.3) is 5.56 Å². The van der Waals surface area contributed by atoms with Crippen LogP contribution in [-0.2, 0) is 22.6 Å². The maximum absolute atomic E-state index is 12.9. The number of carbonyl (C=O) groups excluding carboxylic acids is 1. The number of rotatable bonds is 6. The monoisotopic (exact) mass is 534 g/mol. The van der Waals surface area contributed by atoms with Gasteiger partial charge in [0.1, 0.15) is 19.0 Å². The van der Waals surface area contributed by atoms with Gasteiger partial charge in [-0.3, -0.25) is 19.3 Å². The number of ether oxygens (including phenoxy) is 3. The Morgan fingerprint density at radius 3 is 2.72 bits per heavy atom. The Kier molecular flexibility index (Phi) is 6.64. The molecule has 204 valence electrons. The predicted octanol–water partition coefficient (Wildman–Crippen LogP) is 2.59. The Hall–Kier alpha value is -4.05. The number of piperidine rings is 1. The van der Waals surface area contributed by atoms with E-state index in [9.17, 15) is 19.5 Å². The van der Waals surface area contributed by atoms with E-state index in [-0.39, 0.29) is 23.7 Å². The second kappa shape index (κ2) is 10.3. The van der Waals surface area contributed by atoms with Gasteiger partial charge in [0.2, 0.25) is 11.2 Å². The molecule has 2 bridgehead atoms. The lowest BCUT2D eigenvalue weighted by Crippen LogP contribution is -2.46. The van der Waals surface area contributed by atoms with Crippen LogP contribution in [0.4, 0.5) is 0 Å². The number of fused-ring (bicyclic) bond motifs is 5. The molecule has 3 aliphatic rings. The van der Waals surface area contributed by atoms with Crippen LogP contribution in [-0.4, -0.2) is 54.0 Å². The van der Waals surface area contributed by atoms with Gasteiger partial charge in [0, 0.05) is 43.4 Å². The van der Waals surface area contributed by atoms with Crippen molar-refractivity contribution >= 4 is 5.97 Å². The lowest BCUT2D eigenvalue weighted by Gasteiger charge is -2.42. The molecule has 0 amide bonds. The first-order valence-corrected chi connectivity index (χ1v) is 13.1. The molecule has 0 unspecified atom stereocenters. The van der Waals surface area contributed by atoms with Crippen LogP contribution >= 0.6 is 0 Å². The largest absolute Gasteiger partial charge is 0.502 e. The first-order valence-electron chi connectivity index (χ1n) is 13.1. The minimum absolute atomic E-state index is 0.00804. The van der Waals surface area contributed by atoms with Crippen LogP contribution in [0.5, 0.6) is 17.2 Å². The third kappa shape index (κ3) is 4.92. The fraction of sp³-hybridized carbons (Fsp3) is 0.414. The molecule has 1 N–H and O–H groups in total. The predicted molar refractivity (Wildman–Crippen MR) is 139 cm³/mol. The number of carbonyl (C=O) groups is 1. The standard InChI is InChI=1S/C29H30N2O8/c1-36-27(34)12-21(18-5-6-24-25(10-18)38-8-7-37-24)29-28(35)23(32)11-20(39-29)16-30-13-17-9-19(15-30)22-3-2-4-26(33)31(22)14-17/h2-6,10-11,17,19,21,35H,7-9,12-16H2,1H3/t17-,19+,21+/m1/s1. The number of methoxy groups -OCH3 is 1. The topological polar surface area (TPSA) is 120 Å². The van der Waals surface area contributed by atoms with E-state index in [1.165, 1.54) is 13.2 Å². The maximum atomic E-state index is 12.9. The summed E-state index contributed by atoms with van der Waals surface area (Å²) in [4.78, 5) is 39.9. The van der Waals surface area contributed by atoms with E-state index in [1.54, 1.807) is 30.3 Å². The van der Waals surface area contributed by atoms with E-state index in [1.807, 2.05) is 10.6 Å². The zero-order valence-electron chi connectivity index (χ0n) is 21.6. The molecule has 10 nitrogen and oxygen atoms in total. The Balaban J connectivity index is 1.31. The average molecular weight is 535 g/mol. The zero-order valence-corrected chi connectivity index (χ0v) is 21.6. The van der Waals surface area contributed by atoms with E-state index < -0.39 is 23.1 Å². The minimum atomic E-state index is -0.777. The molecule has 3 aromatic rings. The van der Waals surface area contributed by atoms with Crippen molar-refractivity contribution in [2.24, 2.45) is 5.92 Å². The van der Waals surface area contributed by atoms with Crippen LogP contribution in [0, 0.1) is 5.92 Å². The van der Waals surface area contributed by atoms with E-state index in [2.05, 4.69) is 4.90 Å². The highest BCUT2D eigenvalue weighted by atomic mass is 16.6. The Morgan fingerprint density at radius 1 is 1.08 bits per heavy atom. The molecule has 1 aromatic carbocycles. The third-order valence-corrected chi connectivity index (χ3v) is 7.82. The van der Waals surface area contributed by atoms with Crippen molar-refractivity contribution in [1.82, 2.24) is 9.47 Å². The second-order valence-corrected chi connectivity index (χ2v) is 10.4. The SMILES string of the molecule is COC(=O)C[C@@H](c1ccc2c(c1)OCCO2)c1oc(CN2C[C@H]3C[C@@H](C2)c2cccc(=O)n2C3)cc(=O)c1O. The maximum Gasteiger partial charge on any atom is 0.306 e. The minimum Gasteiger partial charge on any atom is -0.502 e. The highest BCUT2D eigenvalue weighted by Crippen LogP contribution is 2.40. The summed E-state index contributed by atoms with van der Waals surface area (Å²) in [6.07, 6.45) is 0.867. The van der Waals surface area contributed by atoms with Gasteiger partial charge in [-0.1, -0.05) is 12.1 Å². The summed E-state index contributed by atoms with van der Waals surface area (Å²) in [5.74, 6) is 0.196. The van der Waals surface area contributed by atoms with Crippen LogP contribution in [0.2, 0.25) is 0 Å². The summed E-state index contributed by atoms with van der Waals surface area (Å²) >= 11 is 0. The molecule has 1 fully saturated rings. The number of esters is 1. The van der Waals surface area contributed by atoms with Crippen LogP contribution in [0.1, 0.15) is 47.5 Å². The number of benzene rings is 1. The highest BCUT2D eigenvalue weighted by Gasteiger charge is 2.35. The Morgan fingerprint density at radius 2 is 1.90 bits per heavy atom. The molecule has 10 heteroatoms. The van der Waals surface area contributed by atoms with Crippen molar-refractivity contribution in [3.63, 3.8) is 0 Å². The molecule has 0 spiro atoms. The highest BCUT2D eigenvalue weighted by molar-refractivity contribution is 5.71. The second-order valence-electron chi connectivity index (χ2n) is 10.4. The molecule has 1 saturated heterocycles. The van der Waals surface area contributed by atoms with Crippen molar-refractivity contribution in [1.29, 1.82) is 0 Å². The molecule has 6 rings (SSSR count). The summed E-state index contributed by atoms with van der Waals surface area (Å²) in [5.41, 5.74) is 1.11. The number of hydrogen-bond acceptors (Lipinski definition) is 9. The van der Waals surface area contributed by atoms with Crippen molar-refractivity contribution in [2.45, 2.75) is 37.8 Å². The van der Waals surface area contributed by atoms with Crippen molar-refractivity contribution in [3.8, 4) is 17.2 Å². The van der Waals surface area contributed by atoms with E-state index in [0.717, 1.165) is 18.7 Å². The smallest absolute Gasteiger partial charge is 0.306 e. The molecule has 39 heavy (non-hydrogen) atoms. The summed E-state index contributed by atoms with van der Waals surface area (Å²) in [6.45, 7) is 3.33. The number of hydrogen-bond donors (Lipinski definition) is 1. The van der Waals surface area contributed by atoms with Crippen LogP contribution < -0.4 is 20.5 Å². The van der Waals surface area contributed by atoms with Gasteiger partial charge in [-0.2, -0.15) is 0 Å².